The molecule has 3 N–H and O–H groups in total. The van der Waals surface area contributed by atoms with Crippen molar-refractivity contribution in [3.63, 3.8) is 0 Å². The van der Waals surface area contributed by atoms with Crippen molar-refractivity contribution < 1.29 is 13.6 Å². The molecule has 74 valence electrons. The third-order valence-corrected chi connectivity index (χ3v) is 2.26. The zero-order valence-electron chi connectivity index (χ0n) is 7.18. The molecule has 0 fully saturated rings. The molecular formula is C9H8F2N2O. The van der Waals surface area contributed by atoms with Crippen LogP contribution >= 0.6 is 0 Å². The second-order valence-electron chi connectivity index (χ2n) is 3.13. The van der Waals surface area contributed by atoms with Crippen LogP contribution in [0.3, 0.4) is 0 Å². The number of rotatable bonds is 0. The average molecular weight is 198 g/mol. The predicted molar refractivity (Wildman–Crippen MR) is 46.6 cm³/mol. The number of carbonyl (C=O) groups excluding carboxylic acids is 1. The minimum atomic E-state index is -3.47. The van der Waals surface area contributed by atoms with Crippen LogP contribution in [0.5, 0.6) is 0 Å². The number of nitrogens with one attached hydrogen (secondary N) is 1. The van der Waals surface area contributed by atoms with Crippen LogP contribution in [0.2, 0.25) is 0 Å². The van der Waals surface area contributed by atoms with E-state index in [1.807, 2.05) is 0 Å². The number of hydrogen-bond donors (Lipinski definition) is 2. The van der Waals surface area contributed by atoms with E-state index in [1.54, 1.807) is 0 Å². The van der Waals surface area contributed by atoms with Crippen molar-refractivity contribution in [2.75, 3.05) is 5.73 Å². The van der Waals surface area contributed by atoms with Gasteiger partial charge in [-0.15, -0.1) is 0 Å². The molecular weight excluding hydrogens is 190 g/mol. The van der Waals surface area contributed by atoms with Crippen LogP contribution in [0.25, 0.3) is 0 Å². The van der Waals surface area contributed by atoms with E-state index in [0.29, 0.717) is 5.56 Å². The quantitative estimate of drug-likeness (QED) is 0.611. The van der Waals surface area contributed by atoms with Crippen molar-refractivity contribution in [2.45, 2.75) is 12.5 Å². The van der Waals surface area contributed by atoms with E-state index >= 15 is 0 Å². The Bertz CT molecular complexity index is 404. The van der Waals surface area contributed by atoms with Crippen molar-refractivity contribution in [2.24, 2.45) is 0 Å². The Hall–Kier alpha value is -1.65. The van der Waals surface area contributed by atoms with Gasteiger partial charge in [-0.2, -0.15) is 8.78 Å². The molecule has 0 saturated heterocycles. The Morgan fingerprint density at radius 3 is 2.86 bits per heavy atom. The fraction of sp³-hybridized carbons (Fsp3) is 0.222. The SMILES string of the molecule is Nc1cccc2c1CNC(=O)C2(F)F. The highest BCUT2D eigenvalue weighted by Gasteiger charge is 2.45. The lowest BCUT2D eigenvalue weighted by Gasteiger charge is -2.25. The van der Waals surface area contributed by atoms with Gasteiger partial charge in [0.2, 0.25) is 0 Å². The number of nitrogen functional groups attached to an aromatic ring is 1. The summed E-state index contributed by atoms with van der Waals surface area (Å²) >= 11 is 0. The number of nitrogens with two attached hydrogens (primary N) is 1. The molecule has 0 atom stereocenters. The number of amides is 1. The van der Waals surface area contributed by atoms with Crippen LogP contribution in [-0.4, -0.2) is 5.91 Å². The highest BCUT2D eigenvalue weighted by molar-refractivity contribution is 5.87. The summed E-state index contributed by atoms with van der Waals surface area (Å²) in [6.45, 7) is 0.0659. The Labute approximate surface area is 78.9 Å². The van der Waals surface area contributed by atoms with Gasteiger partial charge in [-0.05, 0) is 6.07 Å². The number of anilines is 1. The summed E-state index contributed by atoms with van der Waals surface area (Å²) in [7, 11) is 0. The first-order valence-electron chi connectivity index (χ1n) is 4.07. The third-order valence-electron chi connectivity index (χ3n) is 2.26. The van der Waals surface area contributed by atoms with Crippen LogP contribution in [0.4, 0.5) is 14.5 Å². The van der Waals surface area contributed by atoms with Crippen molar-refractivity contribution in [3.05, 3.63) is 29.3 Å². The number of alkyl halides is 2. The summed E-state index contributed by atoms with van der Waals surface area (Å²) in [5.74, 6) is -4.74. The molecule has 14 heavy (non-hydrogen) atoms. The minimum Gasteiger partial charge on any atom is -0.398 e. The Morgan fingerprint density at radius 2 is 2.14 bits per heavy atom. The van der Waals surface area contributed by atoms with Gasteiger partial charge in [0.05, 0.1) is 0 Å². The van der Waals surface area contributed by atoms with Crippen LogP contribution in [0.1, 0.15) is 11.1 Å². The maximum absolute atomic E-state index is 13.3. The third kappa shape index (κ3) is 1.05. The highest BCUT2D eigenvalue weighted by Crippen LogP contribution is 2.36. The molecule has 1 aromatic rings. The van der Waals surface area contributed by atoms with Crippen LogP contribution in [0.15, 0.2) is 18.2 Å². The fourth-order valence-electron chi connectivity index (χ4n) is 1.50. The summed E-state index contributed by atoms with van der Waals surface area (Å²) in [5, 5.41) is 2.10. The number of benzene rings is 1. The maximum Gasteiger partial charge on any atom is 0.350 e. The van der Waals surface area contributed by atoms with Gasteiger partial charge in [0.25, 0.3) is 5.91 Å². The van der Waals surface area contributed by atoms with Crippen molar-refractivity contribution in [1.82, 2.24) is 5.32 Å². The molecule has 1 heterocycles. The van der Waals surface area contributed by atoms with Gasteiger partial charge in [-0.25, -0.2) is 0 Å². The lowest BCUT2D eigenvalue weighted by molar-refractivity contribution is -0.148. The monoisotopic (exact) mass is 198 g/mol. The normalized spacial score (nSPS) is 18.6. The smallest absolute Gasteiger partial charge is 0.350 e. The van der Waals surface area contributed by atoms with Gasteiger partial charge >= 0.3 is 5.92 Å². The summed E-state index contributed by atoms with van der Waals surface area (Å²) in [5.41, 5.74) is 5.82. The topological polar surface area (TPSA) is 55.1 Å². The van der Waals surface area contributed by atoms with Crippen LogP contribution in [-0.2, 0) is 17.3 Å². The van der Waals surface area contributed by atoms with E-state index in [2.05, 4.69) is 5.32 Å². The summed E-state index contributed by atoms with van der Waals surface area (Å²) < 4.78 is 26.6. The molecule has 1 aliphatic heterocycles. The maximum atomic E-state index is 13.3. The zero-order valence-corrected chi connectivity index (χ0v) is 7.18. The van der Waals surface area contributed by atoms with Crippen LogP contribution in [0, 0.1) is 0 Å². The van der Waals surface area contributed by atoms with Crippen molar-refractivity contribution in [1.29, 1.82) is 0 Å². The molecule has 1 aromatic carbocycles. The zero-order chi connectivity index (χ0) is 10.3. The molecule has 0 unspecified atom stereocenters. The second-order valence-corrected chi connectivity index (χ2v) is 3.13. The second kappa shape index (κ2) is 2.67. The average Bonchev–Trinajstić information content (AvgIpc) is 2.13. The highest BCUT2D eigenvalue weighted by atomic mass is 19.3. The van der Waals surface area contributed by atoms with Gasteiger partial charge in [0.15, 0.2) is 0 Å². The van der Waals surface area contributed by atoms with Gasteiger partial charge in [0, 0.05) is 23.4 Å². The lowest BCUT2D eigenvalue weighted by atomic mass is 9.96. The van der Waals surface area contributed by atoms with Gasteiger partial charge in [-0.1, -0.05) is 12.1 Å². The Balaban J connectivity index is 2.64. The molecule has 1 aliphatic rings. The molecule has 0 radical (unpaired) electrons. The van der Waals surface area contributed by atoms with E-state index in [1.165, 1.54) is 18.2 Å². The first-order valence-corrected chi connectivity index (χ1v) is 4.07. The minimum absolute atomic E-state index is 0.0659. The summed E-state index contributed by atoms with van der Waals surface area (Å²) in [6.07, 6.45) is 0. The lowest BCUT2D eigenvalue weighted by Crippen LogP contribution is -2.43. The van der Waals surface area contributed by atoms with Crippen LogP contribution < -0.4 is 11.1 Å². The first-order chi connectivity index (χ1) is 6.53. The summed E-state index contributed by atoms with van der Waals surface area (Å²) in [4.78, 5) is 10.9. The number of carbonyl (C=O) groups is 1. The molecule has 1 amide bonds. The standard InChI is InChI=1S/C9H8F2N2O/c10-9(11)6-2-1-3-7(12)5(6)4-13-8(9)14/h1-3H,4,12H2,(H,13,14). The summed E-state index contributed by atoms with van der Waals surface area (Å²) in [6, 6.07) is 4.18. The van der Waals surface area contributed by atoms with E-state index in [4.69, 9.17) is 5.73 Å². The van der Waals surface area contributed by atoms with Crippen molar-refractivity contribution >= 4 is 11.6 Å². The molecule has 0 bridgehead atoms. The molecule has 5 heteroatoms. The molecule has 0 aliphatic carbocycles. The van der Waals surface area contributed by atoms with Crippen molar-refractivity contribution in [3.8, 4) is 0 Å². The molecule has 2 rings (SSSR count). The van der Waals surface area contributed by atoms with E-state index < -0.39 is 11.8 Å². The van der Waals surface area contributed by atoms with Gasteiger partial charge < -0.3 is 11.1 Å². The molecule has 0 spiro atoms. The molecule has 0 saturated carbocycles. The van der Waals surface area contributed by atoms with Gasteiger partial charge in [-0.3, -0.25) is 4.79 Å². The Morgan fingerprint density at radius 1 is 1.43 bits per heavy atom. The van der Waals surface area contributed by atoms with E-state index in [0.717, 1.165) is 0 Å². The first kappa shape index (κ1) is 8.93. The predicted octanol–water partition coefficient (Wildman–Crippen LogP) is 0.990. The fourth-order valence-corrected chi connectivity index (χ4v) is 1.50. The number of fused-ring (bicyclic) bond motifs is 1. The van der Waals surface area contributed by atoms with Gasteiger partial charge in [0.1, 0.15) is 0 Å². The Kier molecular flexibility index (Phi) is 1.70. The number of hydrogen-bond acceptors (Lipinski definition) is 2. The van der Waals surface area contributed by atoms with E-state index in [9.17, 15) is 13.6 Å². The molecule has 0 aromatic heterocycles. The largest absolute Gasteiger partial charge is 0.398 e. The molecule has 3 nitrogen and oxygen atoms in total. The van der Waals surface area contributed by atoms with E-state index in [-0.39, 0.29) is 17.8 Å². The number of halogens is 2.